The molecule has 0 bridgehead atoms. The van der Waals surface area contributed by atoms with Crippen LogP contribution >= 0.6 is 11.6 Å². The van der Waals surface area contributed by atoms with Crippen molar-refractivity contribution in [2.45, 2.75) is 19.3 Å². The number of ether oxygens (including phenoxy) is 1. The average Bonchev–Trinajstić information content (AvgIpc) is 2.37. The van der Waals surface area contributed by atoms with Gasteiger partial charge in [0.05, 0.1) is 0 Å². The Labute approximate surface area is 105 Å². The first-order valence-electron chi connectivity index (χ1n) is 5.52. The second-order valence-corrected chi connectivity index (χ2v) is 4.07. The molecule has 1 aliphatic rings. The molecule has 17 heavy (non-hydrogen) atoms. The maximum absolute atomic E-state index is 5.83. The van der Waals surface area contributed by atoms with Gasteiger partial charge < -0.3 is 9.64 Å². The van der Waals surface area contributed by atoms with E-state index in [0.717, 1.165) is 25.9 Å². The quantitative estimate of drug-likeness (QED) is 0.764. The summed E-state index contributed by atoms with van der Waals surface area (Å²) >= 11 is 5.83. The fourth-order valence-electron chi connectivity index (χ4n) is 1.73. The normalized spacial score (nSPS) is 15.4. The SMILES string of the molecule is C#CCOc1nc(Cl)nc(N2CCCCC2)n1. The maximum Gasteiger partial charge on any atom is 0.323 e. The van der Waals surface area contributed by atoms with Gasteiger partial charge in [0.15, 0.2) is 6.61 Å². The second-order valence-electron chi connectivity index (χ2n) is 3.73. The molecule has 1 aromatic heterocycles. The van der Waals surface area contributed by atoms with Gasteiger partial charge in [-0.15, -0.1) is 6.42 Å². The lowest BCUT2D eigenvalue weighted by Crippen LogP contribution is -2.31. The van der Waals surface area contributed by atoms with Crippen LogP contribution in [0, 0.1) is 12.3 Å². The Balaban J connectivity index is 2.15. The summed E-state index contributed by atoms with van der Waals surface area (Å²) in [5, 5.41) is 0.132. The van der Waals surface area contributed by atoms with Crippen LogP contribution in [0.2, 0.25) is 5.28 Å². The van der Waals surface area contributed by atoms with Crippen molar-refractivity contribution in [3.05, 3.63) is 5.28 Å². The summed E-state index contributed by atoms with van der Waals surface area (Å²) in [6, 6.07) is 0.184. The molecule has 0 aromatic carbocycles. The molecule has 1 fully saturated rings. The summed E-state index contributed by atoms with van der Waals surface area (Å²) in [5.41, 5.74) is 0. The zero-order valence-electron chi connectivity index (χ0n) is 9.40. The first-order valence-corrected chi connectivity index (χ1v) is 5.90. The molecule has 0 unspecified atom stereocenters. The summed E-state index contributed by atoms with van der Waals surface area (Å²) in [5.74, 6) is 2.92. The van der Waals surface area contributed by atoms with Crippen molar-refractivity contribution in [3.63, 3.8) is 0 Å². The largest absolute Gasteiger partial charge is 0.450 e. The van der Waals surface area contributed by atoms with Gasteiger partial charge in [-0.3, -0.25) is 0 Å². The highest BCUT2D eigenvalue weighted by Crippen LogP contribution is 2.19. The molecule has 0 atom stereocenters. The van der Waals surface area contributed by atoms with Gasteiger partial charge in [-0.05, 0) is 30.9 Å². The molecular weight excluding hydrogens is 240 g/mol. The molecule has 5 nitrogen and oxygen atoms in total. The maximum atomic E-state index is 5.83. The van der Waals surface area contributed by atoms with Gasteiger partial charge >= 0.3 is 6.01 Å². The molecule has 2 rings (SSSR count). The molecule has 1 aromatic rings. The van der Waals surface area contributed by atoms with Gasteiger partial charge in [0.1, 0.15) is 0 Å². The number of rotatable bonds is 3. The predicted molar refractivity (Wildman–Crippen MR) is 65.2 cm³/mol. The lowest BCUT2D eigenvalue weighted by molar-refractivity contribution is 0.338. The van der Waals surface area contributed by atoms with E-state index in [2.05, 4.69) is 25.8 Å². The highest BCUT2D eigenvalue weighted by molar-refractivity contribution is 6.28. The van der Waals surface area contributed by atoms with Gasteiger partial charge in [0.25, 0.3) is 0 Å². The topological polar surface area (TPSA) is 51.1 Å². The van der Waals surface area contributed by atoms with Crippen LogP contribution in [0.15, 0.2) is 0 Å². The number of nitrogens with zero attached hydrogens (tertiary/aromatic N) is 4. The third-order valence-corrected chi connectivity index (χ3v) is 2.67. The highest BCUT2D eigenvalue weighted by Gasteiger charge is 2.16. The Morgan fingerprint density at radius 2 is 2.00 bits per heavy atom. The second kappa shape index (κ2) is 5.69. The van der Waals surface area contributed by atoms with Crippen LogP contribution in [0.3, 0.4) is 0 Å². The minimum Gasteiger partial charge on any atom is -0.450 e. The lowest BCUT2D eigenvalue weighted by Gasteiger charge is -2.26. The van der Waals surface area contributed by atoms with Crippen molar-refractivity contribution in [1.82, 2.24) is 15.0 Å². The van der Waals surface area contributed by atoms with E-state index >= 15 is 0 Å². The third-order valence-electron chi connectivity index (χ3n) is 2.50. The lowest BCUT2D eigenvalue weighted by atomic mass is 10.1. The molecule has 2 heterocycles. The van der Waals surface area contributed by atoms with Crippen molar-refractivity contribution < 1.29 is 4.74 Å². The zero-order chi connectivity index (χ0) is 12.1. The monoisotopic (exact) mass is 252 g/mol. The van der Waals surface area contributed by atoms with Crippen LogP contribution in [0.25, 0.3) is 0 Å². The van der Waals surface area contributed by atoms with E-state index in [1.807, 2.05) is 0 Å². The Bertz CT molecular complexity index is 426. The van der Waals surface area contributed by atoms with Crippen molar-refractivity contribution in [2.24, 2.45) is 0 Å². The minimum absolute atomic E-state index is 0.125. The Morgan fingerprint density at radius 3 is 2.71 bits per heavy atom. The van der Waals surface area contributed by atoms with Gasteiger partial charge in [-0.1, -0.05) is 5.92 Å². The predicted octanol–water partition coefficient (Wildman–Crippen LogP) is 1.53. The first kappa shape index (κ1) is 11.9. The van der Waals surface area contributed by atoms with Crippen molar-refractivity contribution in [2.75, 3.05) is 24.6 Å². The van der Waals surface area contributed by atoms with Gasteiger partial charge in [0.2, 0.25) is 11.2 Å². The molecule has 0 radical (unpaired) electrons. The molecule has 90 valence electrons. The average molecular weight is 253 g/mol. The number of aromatic nitrogens is 3. The highest BCUT2D eigenvalue weighted by atomic mass is 35.5. The van der Waals surface area contributed by atoms with Gasteiger partial charge in [0, 0.05) is 13.1 Å². The van der Waals surface area contributed by atoms with Crippen LogP contribution in [0.1, 0.15) is 19.3 Å². The summed E-state index contributed by atoms with van der Waals surface area (Å²) in [7, 11) is 0. The fourth-order valence-corrected chi connectivity index (χ4v) is 1.88. The molecular formula is C11H13ClN4O. The Hall–Kier alpha value is -1.54. The number of anilines is 1. The van der Waals surface area contributed by atoms with Crippen LogP contribution in [-0.2, 0) is 0 Å². The minimum atomic E-state index is 0.125. The van der Waals surface area contributed by atoms with Crippen molar-refractivity contribution in [1.29, 1.82) is 0 Å². The van der Waals surface area contributed by atoms with Crippen molar-refractivity contribution >= 4 is 17.5 Å². The van der Waals surface area contributed by atoms with E-state index in [1.54, 1.807) is 0 Å². The zero-order valence-corrected chi connectivity index (χ0v) is 10.2. The smallest absolute Gasteiger partial charge is 0.323 e. The van der Waals surface area contributed by atoms with E-state index in [9.17, 15) is 0 Å². The summed E-state index contributed by atoms with van der Waals surface area (Å²) in [6.45, 7) is 2.00. The molecule has 0 spiro atoms. The van der Waals surface area contributed by atoms with E-state index in [1.165, 1.54) is 6.42 Å². The van der Waals surface area contributed by atoms with Crippen molar-refractivity contribution in [3.8, 4) is 18.4 Å². The number of halogens is 1. The van der Waals surface area contributed by atoms with Gasteiger partial charge in [-0.25, -0.2) is 0 Å². The van der Waals surface area contributed by atoms with Crippen LogP contribution in [0.4, 0.5) is 5.95 Å². The molecule has 1 saturated heterocycles. The molecule has 6 heteroatoms. The number of terminal acetylenes is 1. The first-order chi connectivity index (χ1) is 8.29. The molecule has 0 saturated carbocycles. The van der Waals surface area contributed by atoms with Gasteiger partial charge in [-0.2, -0.15) is 15.0 Å². The molecule has 1 aliphatic heterocycles. The Kier molecular flexibility index (Phi) is 3.99. The summed E-state index contributed by atoms with van der Waals surface area (Å²) < 4.78 is 5.16. The summed E-state index contributed by atoms with van der Waals surface area (Å²) in [6.07, 6.45) is 8.64. The number of piperidine rings is 1. The third kappa shape index (κ3) is 3.21. The summed E-state index contributed by atoms with van der Waals surface area (Å²) in [4.78, 5) is 14.2. The molecule has 0 aliphatic carbocycles. The van der Waals surface area contributed by atoms with Crippen LogP contribution < -0.4 is 9.64 Å². The van der Waals surface area contributed by atoms with Crippen LogP contribution in [-0.4, -0.2) is 34.6 Å². The van der Waals surface area contributed by atoms with E-state index < -0.39 is 0 Å². The fraction of sp³-hybridized carbons (Fsp3) is 0.545. The molecule has 0 amide bonds. The van der Waals surface area contributed by atoms with E-state index in [4.69, 9.17) is 22.8 Å². The van der Waals surface area contributed by atoms with E-state index in [0.29, 0.717) is 5.95 Å². The van der Waals surface area contributed by atoms with Crippen LogP contribution in [0.5, 0.6) is 6.01 Å². The number of hydrogen-bond acceptors (Lipinski definition) is 5. The Morgan fingerprint density at radius 1 is 1.24 bits per heavy atom. The standard InChI is InChI=1S/C11H13ClN4O/c1-2-8-17-11-14-9(12)13-10(15-11)16-6-4-3-5-7-16/h1H,3-8H2. The van der Waals surface area contributed by atoms with E-state index in [-0.39, 0.29) is 17.9 Å². The number of hydrogen-bond donors (Lipinski definition) is 0. The molecule has 0 N–H and O–H groups in total.